The van der Waals surface area contributed by atoms with Crippen molar-refractivity contribution < 1.29 is 34.0 Å². The van der Waals surface area contributed by atoms with E-state index < -0.39 is 12.0 Å². The van der Waals surface area contributed by atoms with Gasteiger partial charge >= 0.3 is 5.97 Å². The van der Waals surface area contributed by atoms with E-state index in [1.165, 1.54) is 26.4 Å². The van der Waals surface area contributed by atoms with Crippen molar-refractivity contribution in [1.82, 2.24) is 5.32 Å². The van der Waals surface area contributed by atoms with Crippen LogP contribution in [0.1, 0.15) is 17.5 Å². The predicted octanol–water partition coefficient (Wildman–Crippen LogP) is 1.95. The number of hydrogen-bond donors (Lipinski definition) is 3. The first-order chi connectivity index (χ1) is 13.9. The highest BCUT2D eigenvalue weighted by Gasteiger charge is 2.22. The molecule has 1 amide bonds. The summed E-state index contributed by atoms with van der Waals surface area (Å²) in [5.41, 5.74) is 1.45. The van der Waals surface area contributed by atoms with Crippen LogP contribution in [0.3, 0.4) is 0 Å². The number of amides is 1. The first-order valence-corrected chi connectivity index (χ1v) is 8.96. The van der Waals surface area contributed by atoms with E-state index in [2.05, 4.69) is 5.32 Å². The van der Waals surface area contributed by atoms with E-state index in [4.69, 9.17) is 14.2 Å². The minimum Gasteiger partial charge on any atom is -0.504 e. The Morgan fingerprint density at radius 2 is 1.62 bits per heavy atom. The fraction of sp³-hybridized carbons (Fsp3) is 0.333. The second-order valence-electron chi connectivity index (χ2n) is 6.36. The van der Waals surface area contributed by atoms with Crippen molar-refractivity contribution in [2.24, 2.45) is 0 Å². The van der Waals surface area contributed by atoms with Crippen LogP contribution in [-0.4, -0.2) is 49.5 Å². The van der Waals surface area contributed by atoms with Crippen molar-refractivity contribution in [2.75, 3.05) is 21.3 Å². The van der Waals surface area contributed by atoms with Gasteiger partial charge in [-0.05, 0) is 41.8 Å². The normalized spacial score (nSPS) is 11.4. The summed E-state index contributed by atoms with van der Waals surface area (Å²) < 4.78 is 15.2. The second kappa shape index (κ2) is 10.2. The summed E-state index contributed by atoms with van der Waals surface area (Å²) in [4.78, 5) is 24.4. The SMILES string of the molecule is COC(=O)C(Cc1ccc(O)c(O)c1)NC(=O)CCc1ccc(OC)c(OC)c1. The minimum atomic E-state index is -0.915. The molecule has 0 spiro atoms. The van der Waals surface area contributed by atoms with Gasteiger partial charge < -0.3 is 29.7 Å². The topological polar surface area (TPSA) is 114 Å². The lowest BCUT2D eigenvalue weighted by molar-refractivity contribution is -0.145. The van der Waals surface area contributed by atoms with Gasteiger partial charge in [0.25, 0.3) is 0 Å². The molecule has 156 valence electrons. The van der Waals surface area contributed by atoms with Gasteiger partial charge in [-0.2, -0.15) is 0 Å². The molecule has 2 rings (SSSR count). The number of phenols is 2. The van der Waals surface area contributed by atoms with Gasteiger partial charge in [-0.25, -0.2) is 4.79 Å². The van der Waals surface area contributed by atoms with Gasteiger partial charge in [0, 0.05) is 12.8 Å². The van der Waals surface area contributed by atoms with Crippen LogP contribution in [0, 0.1) is 0 Å². The zero-order valence-corrected chi connectivity index (χ0v) is 16.6. The highest BCUT2D eigenvalue weighted by Crippen LogP contribution is 2.28. The quantitative estimate of drug-likeness (QED) is 0.433. The Labute approximate surface area is 169 Å². The molecule has 0 fully saturated rings. The highest BCUT2D eigenvalue weighted by molar-refractivity contribution is 5.84. The first kappa shape index (κ1) is 21.9. The Morgan fingerprint density at radius 1 is 0.931 bits per heavy atom. The fourth-order valence-electron chi connectivity index (χ4n) is 2.83. The van der Waals surface area contributed by atoms with E-state index in [9.17, 15) is 19.8 Å². The molecule has 2 aromatic carbocycles. The van der Waals surface area contributed by atoms with Crippen LogP contribution >= 0.6 is 0 Å². The lowest BCUT2D eigenvalue weighted by Gasteiger charge is -2.17. The van der Waals surface area contributed by atoms with E-state index in [1.807, 2.05) is 6.07 Å². The second-order valence-corrected chi connectivity index (χ2v) is 6.36. The molecule has 0 saturated heterocycles. The lowest BCUT2D eigenvalue weighted by Crippen LogP contribution is -2.43. The van der Waals surface area contributed by atoms with Crippen molar-refractivity contribution in [2.45, 2.75) is 25.3 Å². The van der Waals surface area contributed by atoms with E-state index in [0.29, 0.717) is 23.5 Å². The van der Waals surface area contributed by atoms with Crippen LogP contribution in [0.4, 0.5) is 0 Å². The van der Waals surface area contributed by atoms with Crippen molar-refractivity contribution in [3.8, 4) is 23.0 Å². The Bertz CT molecular complexity index is 866. The van der Waals surface area contributed by atoms with Gasteiger partial charge in [0.2, 0.25) is 5.91 Å². The summed E-state index contributed by atoms with van der Waals surface area (Å²) in [6.07, 6.45) is 0.715. The molecule has 0 aliphatic rings. The van der Waals surface area contributed by atoms with E-state index >= 15 is 0 Å². The Morgan fingerprint density at radius 3 is 2.24 bits per heavy atom. The summed E-state index contributed by atoms with van der Waals surface area (Å²) >= 11 is 0. The molecule has 0 aliphatic carbocycles. The first-order valence-electron chi connectivity index (χ1n) is 8.96. The third-order valence-corrected chi connectivity index (χ3v) is 4.39. The number of hydrogen-bond acceptors (Lipinski definition) is 7. The van der Waals surface area contributed by atoms with Gasteiger partial charge in [-0.15, -0.1) is 0 Å². The molecule has 0 radical (unpaired) electrons. The summed E-state index contributed by atoms with van der Waals surface area (Å²) in [5.74, 6) is -0.308. The third kappa shape index (κ3) is 6.03. The van der Waals surface area contributed by atoms with Crippen LogP contribution in [0.15, 0.2) is 36.4 Å². The molecule has 1 unspecified atom stereocenters. The maximum Gasteiger partial charge on any atom is 0.328 e. The molecule has 8 nitrogen and oxygen atoms in total. The smallest absolute Gasteiger partial charge is 0.328 e. The summed E-state index contributed by atoms with van der Waals surface area (Å²) in [7, 11) is 4.32. The average Bonchev–Trinajstić information content (AvgIpc) is 2.73. The molecule has 2 aromatic rings. The van der Waals surface area contributed by atoms with Crippen molar-refractivity contribution in [3.63, 3.8) is 0 Å². The molecule has 1 atom stereocenters. The summed E-state index contributed by atoms with van der Waals surface area (Å²) in [6, 6.07) is 8.69. The van der Waals surface area contributed by atoms with Crippen LogP contribution in [0.2, 0.25) is 0 Å². The van der Waals surface area contributed by atoms with Gasteiger partial charge in [-0.3, -0.25) is 4.79 Å². The Hall–Kier alpha value is -3.42. The number of carbonyl (C=O) groups is 2. The van der Waals surface area contributed by atoms with E-state index in [0.717, 1.165) is 5.56 Å². The molecular weight excluding hydrogens is 378 g/mol. The van der Waals surface area contributed by atoms with E-state index in [-0.39, 0.29) is 30.2 Å². The van der Waals surface area contributed by atoms with Gasteiger partial charge in [0.05, 0.1) is 21.3 Å². The average molecular weight is 403 g/mol. The van der Waals surface area contributed by atoms with Crippen molar-refractivity contribution in [1.29, 1.82) is 0 Å². The Balaban J connectivity index is 2.00. The number of benzene rings is 2. The van der Waals surface area contributed by atoms with Gasteiger partial charge in [0.1, 0.15) is 6.04 Å². The number of ether oxygens (including phenoxy) is 3. The number of aromatic hydroxyl groups is 2. The number of rotatable bonds is 9. The van der Waals surface area contributed by atoms with Crippen LogP contribution < -0.4 is 14.8 Å². The maximum absolute atomic E-state index is 12.4. The molecular formula is C21H25NO7. The molecule has 0 aromatic heterocycles. The highest BCUT2D eigenvalue weighted by atomic mass is 16.5. The van der Waals surface area contributed by atoms with Crippen LogP contribution in [0.25, 0.3) is 0 Å². The third-order valence-electron chi connectivity index (χ3n) is 4.39. The molecule has 0 saturated carbocycles. The number of methoxy groups -OCH3 is 3. The number of carbonyl (C=O) groups excluding carboxylic acids is 2. The van der Waals surface area contributed by atoms with Crippen molar-refractivity contribution >= 4 is 11.9 Å². The molecule has 0 bridgehead atoms. The standard InChI is InChI=1S/C21H25NO7/c1-27-18-8-5-13(12-19(18)28-2)6-9-20(25)22-15(21(26)29-3)10-14-4-7-16(23)17(24)11-14/h4-5,7-8,11-12,15,23-24H,6,9-10H2,1-3H3,(H,22,25). The monoisotopic (exact) mass is 403 g/mol. The van der Waals surface area contributed by atoms with Crippen LogP contribution in [-0.2, 0) is 27.2 Å². The zero-order chi connectivity index (χ0) is 21.4. The summed E-state index contributed by atoms with van der Waals surface area (Å²) in [5, 5.41) is 21.7. The zero-order valence-electron chi connectivity index (χ0n) is 16.6. The van der Waals surface area contributed by atoms with Crippen LogP contribution in [0.5, 0.6) is 23.0 Å². The number of esters is 1. The lowest BCUT2D eigenvalue weighted by atomic mass is 10.0. The molecule has 0 heterocycles. The summed E-state index contributed by atoms with van der Waals surface area (Å²) in [6.45, 7) is 0. The minimum absolute atomic E-state index is 0.114. The van der Waals surface area contributed by atoms with Gasteiger partial charge in [-0.1, -0.05) is 12.1 Å². The predicted molar refractivity (Wildman–Crippen MR) is 105 cm³/mol. The number of nitrogens with one attached hydrogen (secondary N) is 1. The molecule has 29 heavy (non-hydrogen) atoms. The molecule has 0 aliphatic heterocycles. The number of aryl methyl sites for hydroxylation is 1. The van der Waals surface area contributed by atoms with Gasteiger partial charge in [0.15, 0.2) is 23.0 Å². The molecule has 8 heteroatoms. The van der Waals surface area contributed by atoms with E-state index in [1.54, 1.807) is 25.3 Å². The molecule has 3 N–H and O–H groups in total. The fourth-order valence-corrected chi connectivity index (χ4v) is 2.83. The maximum atomic E-state index is 12.4. The van der Waals surface area contributed by atoms with Crippen molar-refractivity contribution in [3.05, 3.63) is 47.5 Å². The largest absolute Gasteiger partial charge is 0.504 e. The number of phenolic OH excluding ortho intramolecular Hbond substituents is 2. The Kier molecular flexibility index (Phi) is 7.70.